The Morgan fingerprint density at radius 2 is 2.13 bits per heavy atom. The van der Waals surface area contributed by atoms with Gasteiger partial charge in [0, 0.05) is 0 Å². The van der Waals surface area contributed by atoms with Gasteiger partial charge in [0.05, 0.1) is 28.9 Å². The fraction of sp³-hybridized carbons (Fsp3) is 0.312. The normalized spacial score (nSPS) is 10.5. The highest BCUT2D eigenvalue weighted by atomic mass is 35.5. The van der Waals surface area contributed by atoms with Crippen molar-refractivity contribution in [3.8, 4) is 5.88 Å². The molecule has 1 aromatic heterocycles. The van der Waals surface area contributed by atoms with Crippen LogP contribution in [0.15, 0.2) is 18.5 Å². The Bertz CT molecular complexity index is 735. The molecule has 0 unspecified atom stereocenters. The third-order valence-corrected chi connectivity index (χ3v) is 3.30. The summed E-state index contributed by atoms with van der Waals surface area (Å²) in [5.74, 6) is 0.263. The third-order valence-electron chi connectivity index (χ3n) is 3.01. The smallest absolute Gasteiger partial charge is 0.222 e. The zero-order valence-corrected chi connectivity index (χ0v) is 13.8. The predicted molar refractivity (Wildman–Crippen MR) is 88.1 cm³/mol. The highest BCUT2D eigenvalue weighted by Gasteiger charge is 2.16. The molecule has 0 bridgehead atoms. The van der Waals surface area contributed by atoms with Gasteiger partial charge in [-0.05, 0) is 32.4 Å². The zero-order valence-electron chi connectivity index (χ0n) is 13.0. The van der Waals surface area contributed by atoms with Gasteiger partial charge in [-0.25, -0.2) is 19.2 Å². The summed E-state index contributed by atoms with van der Waals surface area (Å²) in [5.41, 5.74) is 0.939. The van der Waals surface area contributed by atoms with Crippen molar-refractivity contribution >= 4 is 28.8 Å². The van der Waals surface area contributed by atoms with Gasteiger partial charge < -0.3 is 10.1 Å². The van der Waals surface area contributed by atoms with Crippen LogP contribution in [0.3, 0.4) is 0 Å². The Morgan fingerprint density at radius 3 is 2.70 bits per heavy atom. The molecule has 7 heteroatoms. The predicted octanol–water partition coefficient (Wildman–Crippen LogP) is 4.91. The maximum Gasteiger partial charge on any atom is 0.222 e. The Hall–Kier alpha value is -2.39. The van der Waals surface area contributed by atoms with E-state index in [-0.39, 0.29) is 22.5 Å². The molecular formula is C16H16ClFN4O. The number of benzene rings is 1. The van der Waals surface area contributed by atoms with Crippen LogP contribution in [0.1, 0.15) is 26.3 Å². The lowest BCUT2D eigenvalue weighted by atomic mass is 10.2. The number of nitrogens with zero attached hydrogens (tertiary/aromatic N) is 3. The van der Waals surface area contributed by atoms with Gasteiger partial charge in [0.2, 0.25) is 5.88 Å². The van der Waals surface area contributed by atoms with Crippen LogP contribution in [0, 0.1) is 12.4 Å². The highest BCUT2D eigenvalue weighted by Crippen LogP contribution is 2.34. The van der Waals surface area contributed by atoms with E-state index in [0.717, 1.165) is 11.6 Å². The first-order valence-electron chi connectivity index (χ1n) is 7.10. The zero-order chi connectivity index (χ0) is 17.0. The van der Waals surface area contributed by atoms with Crippen LogP contribution in [-0.2, 0) is 6.42 Å². The first kappa shape index (κ1) is 17.0. The van der Waals surface area contributed by atoms with E-state index in [9.17, 15) is 4.39 Å². The summed E-state index contributed by atoms with van der Waals surface area (Å²) in [7, 11) is 0. The molecule has 0 aliphatic carbocycles. The molecule has 2 rings (SSSR count). The summed E-state index contributed by atoms with van der Waals surface area (Å²) in [4.78, 5) is 11.4. The van der Waals surface area contributed by atoms with Gasteiger partial charge in [0.15, 0.2) is 5.69 Å². The van der Waals surface area contributed by atoms with Gasteiger partial charge >= 0.3 is 0 Å². The first-order chi connectivity index (χ1) is 11.0. The number of aromatic nitrogens is 2. The minimum Gasteiger partial charge on any atom is -0.475 e. The fourth-order valence-corrected chi connectivity index (χ4v) is 2.26. The van der Waals surface area contributed by atoms with E-state index < -0.39 is 5.82 Å². The lowest BCUT2D eigenvalue weighted by molar-refractivity contribution is 0.230. The molecule has 0 saturated heterocycles. The van der Waals surface area contributed by atoms with Crippen molar-refractivity contribution in [1.29, 1.82) is 0 Å². The molecule has 0 fully saturated rings. The van der Waals surface area contributed by atoms with Crippen molar-refractivity contribution in [3.63, 3.8) is 0 Å². The van der Waals surface area contributed by atoms with Gasteiger partial charge in [0.25, 0.3) is 0 Å². The van der Waals surface area contributed by atoms with Crippen LogP contribution in [0.25, 0.3) is 4.85 Å². The lowest BCUT2D eigenvalue weighted by Crippen LogP contribution is -2.11. The molecule has 120 valence electrons. The number of halogens is 2. The summed E-state index contributed by atoms with van der Waals surface area (Å²) in [6.45, 7) is 12.6. The third kappa shape index (κ3) is 3.88. The number of anilines is 2. The Morgan fingerprint density at radius 1 is 1.39 bits per heavy atom. The molecule has 0 radical (unpaired) electrons. The number of hydrogen-bond acceptors (Lipinski definition) is 4. The number of hydrogen-bond donors (Lipinski definition) is 1. The van der Waals surface area contributed by atoms with E-state index in [4.69, 9.17) is 22.9 Å². The van der Waals surface area contributed by atoms with Crippen molar-refractivity contribution < 1.29 is 9.13 Å². The molecular weight excluding hydrogens is 319 g/mol. The molecule has 0 amide bonds. The van der Waals surface area contributed by atoms with E-state index in [1.807, 2.05) is 20.8 Å². The van der Waals surface area contributed by atoms with Crippen LogP contribution in [0.4, 0.5) is 21.6 Å². The SMILES string of the molecule is [C-]#[N+]c1cc(F)c(Nc2ncnc(OC(C)C)c2CC)c(Cl)c1. The van der Waals surface area contributed by atoms with E-state index >= 15 is 0 Å². The largest absolute Gasteiger partial charge is 0.475 e. The summed E-state index contributed by atoms with van der Waals surface area (Å²) in [6, 6.07) is 2.53. The van der Waals surface area contributed by atoms with Crippen molar-refractivity contribution in [2.45, 2.75) is 33.3 Å². The molecule has 23 heavy (non-hydrogen) atoms. The van der Waals surface area contributed by atoms with E-state index in [1.54, 1.807) is 0 Å². The molecule has 0 atom stereocenters. The Labute approximate surface area is 139 Å². The van der Waals surface area contributed by atoms with Gasteiger partial charge in [0.1, 0.15) is 18.0 Å². The summed E-state index contributed by atoms with van der Waals surface area (Å²) >= 11 is 6.06. The molecule has 1 N–H and O–H groups in total. The maximum absolute atomic E-state index is 14.2. The van der Waals surface area contributed by atoms with Crippen molar-refractivity contribution in [3.05, 3.63) is 46.3 Å². The minimum atomic E-state index is -0.615. The quantitative estimate of drug-likeness (QED) is 0.789. The van der Waals surface area contributed by atoms with Crippen LogP contribution < -0.4 is 10.1 Å². The van der Waals surface area contributed by atoms with Gasteiger partial charge in [-0.2, -0.15) is 0 Å². The molecule has 0 spiro atoms. The average molecular weight is 335 g/mol. The molecule has 0 aliphatic heterocycles. The topological polar surface area (TPSA) is 51.4 Å². The maximum atomic E-state index is 14.2. The molecule has 1 heterocycles. The van der Waals surface area contributed by atoms with Gasteiger partial charge in [-0.1, -0.05) is 18.5 Å². The lowest BCUT2D eigenvalue weighted by Gasteiger charge is -2.16. The fourth-order valence-electron chi connectivity index (χ4n) is 2.01. The molecule has 5 nitrogen and oxygen atoms in total. The van der Waals surface area contributed by atoms with Crippen molar-refractivity contribution in [1.82, 2.24) is 9.97 Å². The molecule has 2 aromatic rings. The van der Waals surface area contributed by atoms with E-state index in [0.29, 0.717) is 18.1 Å². The first-order valence-corrected chi connectivity index (χ1v) is 7.48. The average Bonchev–Trinajstić information content (AvgIpc) is 2.50. The number of nitrogens with one attached hydrogen (secondary N) is 1. The second-order valence-corrected chi connectivity index (χ2v) is 5.45. The molecule has 0 aliphatic rings. The monoisotopic (exact) mass is 334 g/mol. The van der Waals surface area contributed by atoms with E-state index in [2.05, 4.69) is 20.1 Å². The second-order valence-electron chi connectivity index (χ2n) is 5.05. The number of rotatable bonds is 5. The Kier molecular flexibility index (Phi) is 5.35. The Balaban J connectivity index is 2.43. The summed E-state index contributed by atoms with van der Waals surface area (Å²) in [5, 5.41) is 3.00. The number of ether oxygens (including phenoxy) is 1. The second kappa shape index (κ2) is 7.25. The minimum absolute atomic E-state index is 0.0404. The van der Waals surface area contributed by atoms with E-state index in [1.165, 1.54) is 12.4 Å². The standard InChI is InChI=1S/C16H16ClFN4O/c1-5-11-15(20-8-21-16(11)23-9(2)3)22-14-12(17)6-10(19-4)7-13(14)18/h6-9H,5H2,1-3H3,(H,20,21,22). The van der Waals surface area contributed by atoms with Gasteiger partial charge in [-0.15, -0.1) is 0 Å². The van der Waals surface area contributed by atoms with Crippen LogP contribution in [0.5, 0.6) is 5.88 Å². The summed E-state index contributed by atoms with van der Waals surface area (Å²) in [6.07, 6.45) is 1.91. The highest BCUT2D eigenvalue weighted by molar-refractivity contribution is 6.33. The van der Waals surface area contributed by atoms with Crippen LogP contribution in [-0.4, -0.2) is 16.1 Å². The summed E-state index contributed by atoms with van der Waals surface area (Å²) < 4.78 is 19.8. The van der Waals surface area contributed by atoms with Gasteiger partial charge in [-0.3, -0.25) is 0 Å². The molecule has 1 aromatic carbocycles. The van der Waals surface area contributed by atoms with Crippen LogP contribution >= 0.6 is 11.6 Å². The molecule has 0 saturated carbocycles. The van der Waals surface area contributed by atoms with Crippen LogP contribution in [0.2, 0.25) is 5.02 Å². The van der Waals surface area contributed by atoms with Crippen molar-refractivity contribution in [2.75, 3.05) is 5.32 Å². The van der Waals surface area contributed by atoms with Crippen molar-refractivity contribution in [2.24, 2.45) is 0 Å².